The van der Waals surface area contributed by atoms with Gasteiger partial charge < -0.3 is 5.32 Å². The van der Waals surface area contributed by atoms with E-state index in [-0.39, 0.29) is 0 Å². The molecule has 20 heavy (non-hydrogen) atoms. The van der Waals surface area contributed by atoms with E-state index < -0.39 is 0 Å². The van der Waals surface area contributed by atoms with Crippen LogP contribution in [0.5, 0.6) is 0 Å². The Morgan fingerprint density at radius 2 is 1.40 bits per heavy atom. The normalized spacial score (nSPS) is 17.1. The van der Waals surface area contributed by atoms with Gasteiger partial charge in [-0.15, -0.1) is 0 Å². The van der Waals surface area contributed by atoms with Crippen molar-refractivity contribution in [3.63, 3.8) is 0 Å². The van der Waals surface area contributed by atoms with Gasteiger partial charge in [0.15, 0.2) is 0 Å². The van der Waals surface area contributed by atoms with Crippen LogP contribution in [-0.2, 0) is 0 Å². The molecule has 2 rings (SSSR count). The molecule has 1 saturated carbocycles. The van der Waals surface area contributed by atoms with Gasteiger partial charge in [-0.3, -0.25) is 0 Å². The lowest BCUT2D eigenvalue weighted by Gasteiger charge is -2.33. The molecule has 1 unspecified atom stereocenters. The molecule has 0 radical (unpaired) electrons. The summed E-state index contributed by atoms with van der Waals surface area (Å²) >= 11 is 0. The van der Waals surface area contributed by atoms with Crippen LogP contribution in [0.25, 0.3) is 0 Å². The maximum Gasteiger partial charge on any atom is 0.0328 e. The van der Waals surface area contributed by atoms with Crippen molar-refractivity contribution in [2.45, 2.75) is 73.3 Å². The van der Waals surface area contributed by atoms with Crippen molar-refractivity contribution in [3.05, 3.63) is 33.4 Å². The second kappa shape index (κ2) is 6.30. The molecule has 0 bridgehead atoms. The molecule has 1 heteroatoms. The number of rotatable bonds is 5. The minimum atomic E-state index is 0.545. The van der Waals surface area contributed by atoms with E-state index in [0.29, 0.717) is 6.04 Å². The number of benzene rings is 1. The molecule has 1 aromatic carbocycles. The highest BCUT2D eigenvalue weighted by atomic mass is 14.9. The van der Waals surface area contributed by atoms with Gasteiger partial charge in [0.2, 0.25) is 0 Å². The van der Waals surface area contributed by atoms with Crippen molar-refractivity contribution >= 4 is 0 Å². The molecule has 0 amide bonds. The summed E-state index contributed by atoms with van der Waals surface area (Å²) in [4.78, 5) is 0. The molecule has 1 aliphatic carbocycles. The van der Waals surface area contributed by atoms with Gasteiger partial charge >= 0.3 is 0 Å². The summed E-state index contributed by atoms with van der Waals surface area (Å²) in [6.45, 7) is 14.8. The van der Waals surface area contributed by atoms with Crippen molar-refractivity contribution < 1.29 is 0 Å². The van der Waals surface area contributed by atoms with Crippen LogP contribution >= 0.6 is 0 Å². The Morgan fingerprint density at radius 3 is 1.80 bits per heavy atom. The second-order valence-electron chi connectivity index (χ2n) is 6.68. The summed E-state index contributed by atoms with van der Waals surface area (Å²) in [6.07, 6.45) is 5.62. The average molecular weight is 273 g/mol. The zero-order chi connectivity index (χ0) is 14.9. The number of hydrogen-bond donors (Lipinski definition) is 1. The van der Waals surface area contributed by atoms with Crippen molar-refractivity contribution in [2.75, 3.05) is 6.54 Å². The van der Waals surface area contributed by atoms with E-state index >= 15 is 0 Å². The van der Waals surface area contributed by atoms with Crippen LogP contribution in [0, 0.1) is 40.5 Å². The number of hydrogen-bond acceptors (Lipinski definition) is 1. The molecule has 1 nitrogen and oxygen atoms in total. The van der Waals surface area contributed by atoms with Crippen LogP contribution in [0.15, 0.2) is 0 Å². The summed E-state index contributed by atoms with van der Waals surface area (Å²) in [5.74, 6) is 0.944. The molecule has 0 heterocycles. The lowest BCUT2D eigenvalue weighted by atomic mass is 9.77. The highest BCUT2D eigenvalue weighted by Crippen LogP contribution is 2.38. The minimum Gasteiger partial charge on any atom is -0.310 e. The van der Waals surface area contributed by atoms with E-state index in [2.05, 4.69) is 46.9 Å². The molecule has 0 spiro atoms. The third-order valence-corrected chi connectivity index (χ3v) is 5.65. The van der Waals surface area contributed by atoms with Crippen LogP contribution in [0.1, 0.15) is 72.0 Å². The molecule has 1 N–H and O–H groups in total. The first-order valence-electron chi connectivity index (χ1n) is 8.27. The van der Waals surface area contributed by atoms with E-state index in [9.17, 15) is 0 Å². The molecule has 1 aromatic rings. The fourth-order valence-electron chi connectivity index (χ4n) is 3.66. The summed E-state index contributed by atoms with van der Waals surface area (Å²) in [5, 5.41) is 3.75. The monoisotopic (exact) mass is 273 g/mol. The lowest BCUT2D eigenvalue weighted by Crippen LogP contribution is -2.27. The van der Waals surface area contributed by atoms with Crippen LogP contribution in [0.2, 0.25) is 0 Å². The lowest BCUT2D eigenvalue weighted by molar-refractivity contribution is 0.261. The Hall–Kier alpha value is -0.820. The third kappa shape index (κ3) is 2.79. The fraction of sp³-hybridized carbons (Fsp3) is 0.684. The summed E-state index contributed by atoms with van der Waals surface area (Å²) in [6, 6.07) is 0.545. The summed E-state index contributed by atoms with van der Waals surface area (Å²) in [7, 11) is 0. The van der Waals surface area contributed by atoms with Gasteiger partial charge in [0.1, 0.15) is 0 Å². The SMILES string of the molecule is CCNC(CC1CCC1)c1c(C)c(C)c(C)c(C)c1C. The molecular weight excluding hydrogens is 242 g/mol. The summed E-state index contributed by atoms with van der Waals surface area (Å²) in [5.41, 5.74) is 9.05. The molecule has 0 saturated heterocycles. The molecule has 1 aliphatic rings. The molecule has 0 aromatic heterocycles. The van der Waals surface area contributed by atoms with Crippen molar-refractivity contribution in [3.8, 4) is 0 Å². The van der Waals surface area contributed by atoms with Crippen LogP contribution < -0.4 is 5.32 Å². The predicted octanol–water partition coefficient (Wildman–Crippen LogP) is 5.07. The zero-order valence-electron chi connectivity index (χ0n) is 14.2. The van der Waals surface area contributed by atoms with Gasteiger partial charge in [-0.2, -0.15) is 0 Å². The molecule has 1 atom stereocenters. The maximum atomic E-state index is 3.75. The van der Waals surface area contributed by atoms with Crippen LogP contribution in [0.3, 0.4) is 0 Å². The van der Waals surface area contributed by atoms with E-state index in [1.807, 2.05) is 0 Å². The number of nitrogens with one attached hydrogen (secondary N) is 1. The predicted molar refractivity (Wildman–Crippen MR) is 88.5 cm³/mol. The Balaban J connectivity index is 2.40. The molecular formula is C19H31N. The zero-order valence-corrected chi connectivity index (χ0v) is 14.2. The highest BCUT2D eigenvalue weighted by molar-refractivity contribution is 5.50. The van der Waals surface area contributed by atoms with Gasteiger partial charge in [-0.1, -0.05) is 26.2 Å². The van der Waals surface area contributed by atoms with Crippen LogP contribution in [-0.4, -0.2) is 6.54 Å². The summed E-state index contributed by atoms with van der Waals surface area (Å²) < 4.78 is 0. The largest absolute Gasteiger partial charge is 0.310 e. The Morgan fingerprint density at radius 1 is 0.900 bits per heavy atom. The van der Waals surface area contributed by atoms with E-state index in [1.165, 1.54) is 53.5 Å². The topological polar surface area (TPSA) is 12.0 Å². The van der Waals surface area contributed by atoms with Crippen molar-refractivity contribution in [1.29, 1.82) is 0 Å². The smallest absolute Gasteiger partial charge is 0.0328 e. The molecule has 1 fully saturated rings. The first kappa shape index (κ1) is 15.6. The molecule has 0 aliphatic heterocycles. The average Bonchev–Trinajstić information content (AvgIpc) is 2.38. The quantitative estimate of drug-likeness (QED) is 0.790. The van der Waals surface area contributed by atoms with Gasteiger partial charge in [-0.25, -0.2) is 0 Å². The maximum absolute atomic E-state index is 3.75. The second-order valence-corrected chi connectivity index (χ2v) is 6.68. The van der Waals surface area contributed by atoms with E-state index in [0.717, 1.165) is 12.5 Å². The van der Waals surface area contributed by atoms with Gasteiger partial charge in [0, 0.05) is 6.04 Å². The standard InChI is InChI=1S/C19H31N/c1-7-20-18(11-17-9-8-10-17)19-15(5)13(3)12(2)14(4)16(19)6/h17-18,20H,7-11H2,1-6H3. The first-order chi connectivity index (χ1) is 9.47. The third-order valence-electron chi connectivity index (χ3n) is 5.65. The minimum absolute atomic E-state index is 0.545. The van der Waals surface area contributed by atoms with Gasteiger partial charge in [0.05, 0.1) is 0 Å². The van der Waals surface area contributed by atoms with Gasteiger partial charge in [-0.05, 0) is 86.9 Å². The highest BCUT2D eigenvalue weighted by Gasteiger charge is 2.25. The van der Waals surface area contributed by atoms with Crippen molar-refractivity contribution in [1.82, 2.24) is 5.32 Å². The Bertz CT molecular complexity index is 454. The van der Waals surface area contributed by atoms with Gasteiger partial charge in [0.25, 0.3) is 0 Å². The van der Waals surface area contributed by atoms with Crippen LogP contribution in [0.4, 0.5) is 0 Å². The van der Waals surface area contributed by atoms with Crippen molar-refractivity contribution in [2.24, 2.45) is 5.92 Å². The van der Waals surface area contributed by atoms with E-state index in [4.69, 9.17) is 0 Å². The fourth-order valence-corrected chi connectivity index (χ4v) is 3.66. The first-order valence-corrected chi connectivity index (χ1v) is 8.27. The molecule has 112 valence electrons. The Labute approximate surface area is 125 Å². The van der Waals surface area contributed by atoms with E-state index in [1.54, 1.807) is 5.56 Å². The Kier molecular flexibility index (Phi) is 4.90.